The molecule has 0 aliphatic carbocycles. The summed E-state index contributed by atoms with van der Waals surface area (Å²) < 4.78 is 1.87. The fourth-order valence-electron chi connectivity index (χ4n) is 2.79. The van der Waals surface area contributed by atoms with Gasteiger partial charge in [-0.3, -0.25) is 4.40 Å². The first-order chi connectivity index (χ1) is 10.7. The molecule has 0 unspecified atom stereocenters. The van der Waals surface area contributed by atoms with Crippen LogP contribution in [0, 0.1) is 18.3 Å². The number of hydrogen-bond acceptors (Lipinski definition) is 3. The van der Waals surface area contributed by atoms with Crippen LogP contribution in [0.2, 0.25) is 5.15 Å². The van der Waals surface area contributed by atoms with Crippen LogP contribution in [0.3, 0.4) is 0 Å². The highest BCUT2D eigenvalue weighted by atomic mass is 35.5. The topological polar surface area (TPSA) is 41.1 Å². The normalized spacial score (nSPS) is 11.1. The van der Waals surface area contributed by atoms with Crippen LogP contribution in [0.5, 0.6) is 0 Å². The molecule has 0 radical (unpaired) electrons. The summed E-state index contributed by atoms with van der Waals surface area (Å²) in [6.07, 6.45) is 0. The highest BCUT2D eigenvalue weighted by Gasteiger charge is 2.20. The van der Waals surface area contributed by atoms with Gasteiger partial charge in [0, 0.05) is 10.4 Å². The number of aromatic nitrogens is 2. The molecule has 4 rings (SSSR count). The second-order valence-electron chi connectivity index (χ2n) is 5.01. The van der Waals surface area contributed by atoms with Crippen LogP contribution >= 0.6 is 22.9 Å². The number of para-hydroxylation sites is 2. The number of rotatable bonds is 1. The molecule has 0 fully saturated rings. The number of thiophene rings is 1. The Morgan fingerprint density at radius 1 is 1.23 bits per heavy atom. The van der Waals surface area contributed by atoms with E-state index in [1.54, 1.807) is 11.3 Å². The monoisotopic (exact) mass is 323 g/mol. The number of pyridine rings is 1. The van der Waals surface area contributed by atoms with Crippen molar-refractivity contribution in [1.29, 1.82) is 5.26 Å². The van der Waals surface area contributed by atoms with E-state index in [0.29, 0.717) is 16.4 Å². The average Bonchev–Trinajstić information content (AvgIpc) is 3.15. The van der Waals surface area contributed by atoms with Gasteiger partial charge in [0.05, 0.1) is 16.6 Å². The number of nitriles is 1. The molecule has 3 nitrogen and oxygen atoms in total. The quantitative estimate of drug-likeness (QED) is 0.460. The van der Waals surface area contributed by atoms with Crippen LogP contribution in [0.1, 0.15) is 11.1 Å². The van der Waals surface area contributed by atoms with E-state index in [4.69, 9.17) is 11.6 Å². The van der Waals surface area contributed by atoms with Crippen LogP contribution in [0.25, 0.3) is 27.1 Å². The lowest BCUT2D eigenvalue weighted by Crippen LogP contribution is -1.98. The largest absolute Gasteiger partial charge is 0.281 e. The molecule has 0 saturated carbocycles. The van der Waals surface area contributed by atoms with Gasteiger partial charge in [0.2, 0.25) is 0 Å². The average molecular weight is 324 g/mol. The first-order valence-electron chi connectivity index (χ1n) is 6.75. The first-order valence-corrected chi connectivity index (χ1v) is 8.01. The molecule has 0 spiro atoms. The lowest BCUT2D eigenvalue weighted by Gasteiger charge is -2.11. The van der Waals surface area contributed by atoms with E-state index in [2.05, 4.69) is 11.1 Å². The summed E-state index contributed by atoms with van der Waals surface area (Å²) in [4.78, 5) is 5.64. The maximum atomic E-state index is 9.61. The van der Waals surface area contributed by atoms with E-state index < -0.39 is 0 Å². The Kier molecular flexibility index (Phi) is 2.93. The first kappa shape index (κ1) is 13.3. The van der Waals surface area contributed by atoms with Crippen molar-refractivity contribution in [2.24, 2.45) is 0 Å². The number of hydrogen-bond donors (Lipinski definition) is 0. The predicted octanol–water partition coefficient (Wildman–Crippen LogP) is 5.05. The molecule has 106 valence electrons. The van der Waals surface area contributed by atoms with Crippen LogP contribution in [0.4, 0.5) is 0 Å². The van der Waals surface area contributed by atoms with Gasteiger partial charge < -0.3 is 0 Å². The Balaban J connectivity index is 2.28. The van der Waals surface area contributed by atoms with Crippen LogP contribution in [-0.4, -0.2) is 9.38 Å². The summed E-state index contributed by atoms with van der Waals surface area (Å²) in [5.74, 6) is 0. The molecule has 22 heavy (non-hydrogen) atoms. The van der Waals surface area contributed by atoms with E-state index in [1.165, 1.54) is 0 Å². The summed E-state index contributed by atoms with van der Waals surface area (Å²) in [6, 6.07) is 14.1. The van der Waals surface area contributed by atoms with Gasteiger partial charge in [-0.2, -0.15) is 5.26 Å². The van der Waals surface area contributed by atoms with E-state index >= 15 is 0 Å². The standard InChI is InChI=1S/C17H10ClN3S/c1-10-11(9-19)17-20-12-5-2-3-6-13(12)21(17)16(18)15(10)14-7-4-8-22-14/h2-8H,1H3. The van der Waals surface area contributed by atoms with Gasteiger partial charge in [-0.1, -0.05) is 29.8 Å². The number of halogens is 1. The minimum Gasteiger partial charge on any atom is -0.281 e. The second kappa shape index (κ2) is 4.84. The molecule has 0 atom stereocenters. The minimum atomic E-state index is 0.573. The van der Waals surface area contributed by atoms with E-state index in [0.717, 1.165) is 27.0 Å². The smallest absolute Gasteiger partial charge is 0.157 e. The van der Waals surface area contributed by atoms with Crippen molar-refractivity contribution in [3.05, 3.63) is 58.1 Å². The lowest BCUT2D eigenvalue weighted by atomic mass is 10.0. The zero-order valence-corrected chi connectivity index (χ0v) is 13.2. The molecule has 0 N–H and O–H groups in total. The van der Waals surface area contributed by atoms with E-state index in [9.17, 15) is 5.26 Å². The van der Waals surface area contributed by atoms with Crippen molar-refractivity contribution in [3.63, 3.8) is 0 Å². The minimum absolute atomic E-state index is 0.573. The SMILES string of the molecule is Cc1c(-c2cccs2)c(Cl)n2c(nc3ccccc32)c1C#N. The molecular weight excluding hydrogens is 314 g/mol. The van der Waals surface area contributed by atoms with Gasteiger partial charge >= 0.3 is 0 Å². The molecule has 3 aromatic heterocycles. The zero-order valence-electron chi connectivity index (χ0n) is 11.7. The molecule has 0 aliphatic rings. The van der Waals surface area contributed by atoms with Crippen molar-refractivity contribution in [1.82, 2.24) is 9.38 Å². The molecule has 0 aliphatic heterocycles. The summed E-state index contributed by atoms with van der Waals surface area (Å²) in [6.45, 7) is 1.93. The van der Waals surface area contributed by atoms with Crippen LogP contribution in [0.15, 0.2) is 41.8 Å². The summed E-state index contributed by atoms with van der Waals surface area (Å²) in [5, 5.41) is 12.2. The third-order valence-corrected chi connectivity index (χ3v) is 5.06. The molecule has 0 amide bonds. The van der Waals surface area contributed by atoms with Gasteiger partial charge in [0.15, 0.2) is 5.65 Å². The Morgan fingerprint density at radius 2 is 2.05 bits per heavy atom. The summed E-state index contributed by atoms with van der Waals surface area (Å²) in [7, 11) is 0. The third-order valence-electron chi connectivity index (χ3n) is 3.82. The van der Waals surface area contributed by atoms with Gasteiger partial charge in [-0.05, 0) is 36.1 Å². The van der Waals surface area contributed by atoms with Crippen LogP contribution < -0.4 is 0 Å². The van der Waals surface area contributed by atoms with Crippen molar-refractivity contribution in [2.75, 3.05) is 0 Å². The highest BCUT2D eigenvalue weighted by molar-refractivity contribution is 7.13. The maximum absolute atomic E-state index is 9.61. The fraction of sp³-hybridized carbons (Fsp3) is 0.0588. The Labute approximate surface area is 136 Å². The fourth-order valence-corrected chi connectivity index (χ4v) is 4.09. The molecule has 0 saturated heterocycles. The predicted molar refractivity (Wildman–Crippen MR) is 90.5 cm³/mol. The lowest BCUT2D eigenvalue weighted by molar-refractivity contribution is 1.20. The Bertz CT molecular complexity index is 1060. The second-order valence-corrected chi connectivity index (χ2v) is 6.32. The molecule has 4 aromatic rings. The van der Waals surface area contributed by atoms with Gasteiger partial charge in [-0.15, -0.1) is 11.3 Å². The van der Waals surface area contributed by atoms with Crippen molar-refractivity contribution >= 4 is 39.6 Å². The molecule has 5 heteroatoms. The summed E-state index contributed by atoms with van der Waals surface area (Å²) in [5.41, 5.74) is 4.72. The Morgan fingerprint density at radius 3 is 2.77 bits per heavy atom. The number of benzene rings is 1. The number of imidazole rings is 1. The van der Waals surface area contributed by atoms with Crippen LogP contribution in [-0.2, 0) is 0 Å². The van der Waals surface area contributed by atoms with Crippen molar-refractivity contribution in [2.45, 2.75) is 6.92 Å². The molecule has 1 aromatic carbocycles. The van der Waals surface area contributed by atoms with Gasteiger partial charge in [0.25, 0.3) is 0 Å². The molecule has 0 bridgehead atoms. The van der Waals surface area contributed by atoms with Gasteiger partial charge in [0.1, 0.15) is 11.2 Å². The number of nitrogens with zero attached hydrogens (tertiary/aromatic N) is 3. The van der Waals surface area contributed by atoms with Gasteiger partial charge in [-0.25, -0.2) is 4.98 Å². The molecular formula is C17H10ClN3S. The van der Waals surface area contributed by atoms with E-state index in [1.807, 2.05) is 53.1 Å². The summed E-state index contributed by atoms with van der Waals surface area (Å²) >= 11 is 8.32. The Hall–Kier alpha value is -2.35. The van der Waals surface area contributed by atoms with E-state index in [-0.39, 0.29) is 0 Å². The molecule has 3 heterocycles. The third kappa shape index (κ3) is 1.70. The number of fused-ring (bicyclic) bond motifs is 3. The maximum Gasteiger partial charge on any atom is 0.157 e. The van der Waals surface area contributed by atoms with Crippen molar-refractivity contribution < 1.29 is 0 Å². The highest BCUT2D eigenvalue weighted by Crippen LogP contribution is 2.38. The van der Waals surface area contributed by atoms with Crippen molar-refractivity contribution in [3.8, 4) is 16.5 Å². The zero-order chi connectivity index (χ0) is 15.3.